The highest BCUT2D eigenvalue weighted by Crippen LogP contribution is 2.34. The van der Waals surface area contributed by atoms with Crippen LogP contribution in [0.15, 0.2) is 36.4 Å². The van der Waals surface area contributed by atoms with Crippen LogP contribution in [-0.2, 0) is 4.79 Å². The second kappa shape index (κ2) is 8.88. The second-order valence-corrected chi connectivity index (χ2v) is 5.94. The molecule has 9 nitrogen and oxygen atoms in total. The Morgan fingerprint density at radius 1 is 1.24 bits per heavy atom. The van der Waals surface area contributed by atoms with E-state index in [2.05, 4.69) is 0 Å². The fraction of sp³-hybridized carbons (Fsp3) is 0.263. The molecule has 2 aromatic rings. The van der Waals surface area contributed by atoms with Crippen molar-refractivity contribution in [2.24, 2.45) is 0 Å². The highest BCUT2D eigenvalue weighted by atomic mass is 19.1. The van der Waals surface area contributed by atoms with Gasteiger partial charge in [-0.25, -0.2) is 4.39 Å². The molecule has 10 heteroatoms. The van der Waals surface area contributed by atoms with Gasteiger partial charge in [-0.05, 0) is 18.2 Å². The van der Waals surface area contributed by atoms with E-state index >= 15 is 0 Å². The minimum absolute atomic E-state index is 0.0558. The number of halogens is 1. The maximum atomic E-state index is 13.4. The average Bonchev–Trinajstić information content (AvgIpc) is 2.72. The van der Waals surface area contributed by atoms with E-state index in [4.69, 9.17) is 19.5 Å². The topological polar surface area (TPSA) is 115 Å². The Morgan fingerprint density at radius 3 is 2.72 bits per heavy atom. The number of fused-ring (bicyclic) bond motifs is 1. The minimum atomic E-state index is -0.730. The zero-order chi connectivity index (χ0) is 20.8. The molecule has 1 heterocycles. The normalized spacial score (nSPS) is 12.0. The van der Waals surface area contributed by atoms with Gasteiger partial charge in [0.15, 0.2) is 18.1 Å². The Balaban J connectivity index is 1.79. The molecule has 0 fully saturated rings. The molecule has 3 rings (SSSR count). The van der Waals surface area contributed by atoms with Gasteiger partial charge in [0.05, 0.1) is 17.4 Å². The number of nitriles is 1. The summed E-state index contributed by atoms with van der Waals surface area (Å²) in [6, 6.07) is 9.58. The summed E-state index contributed by atoms with van der Waals surface area (Å²) in [5.41, 5.74) is -0.00561. The number of nitro groups is 1. The van der Waals surface area contributed by atoms with Crippen LogP contribution in [0.4, 0.5) is 15.8 Å². The summed E-state index contributed by atoms with van der Waals surface area (Å²) in [7, 11) is 0. The van der Waals surface area contributed by atoms with Gasteiger partial charge in [0.1, 0.15) is 19.0 Å². The third kappa shape index (κ3) is 4.70. The third-order valence-corrected chi connectivity index (χ3v) is 4.06. The Morgan fingerprint density at radius 2 is 2.00 bits per heavy atom. The van der Waals surface area contributed by atoms with Crippen LogP contribution in [0.25, 0.3) is 0 Å². The molecule has 0 N–H and O–H groups in total. The van der Waals surface area contributed by atoms with E-state index < -0.39 is 28.9 Å². The molecule has 0 aromatic heterocycles. The van der Waals surface area contributed by atoms with E-state index in [1.165, 1.54) is 4.90 Å². The fourth-order valence-corrected chi connectivity index (χ4v) is 2.73. The molecular formula is C19H16FN3O6. The number of nitrogens with zero attached hydrogens (tertiary/aromatic N) is 3. The van der Waals surface area contributed by atoms with E-state index in [9.17, 15) is 19.3 Å². The van der Waals surface area contributed by atoms with Crippen molar-refractivity contribution in [3.8, 4) is 23.3 Å². The van der Waals surface area contributed by atoms with Crippen LogP contribution in [0, 0.1) is 27.3 Å². The minimum Gasteiger partial charge on any atom is -0.486 e. The first kappa shape index (κ1) is 19.9. The van der Waals surface area contributed by atoms with Gasteiger partial charge >= 0.3 is 5.69 Å². The molecule has 2 aromatic carbocycles. The van der Waals surface area contributed by atoms with Crippen LogP contribution < -0.4 is 19.1 Å². The van der Waals surface area contributed by atoms with Crippen LogP contribution in [0.2, 0.25) is 0 Å². The van der Waals surface area contributed by atoms with Crippen LogP contribution in [0.5, 0.6) is 17.2 Å². The molecule has 0 aliphatic carbocycles. The molecule has 0 saturated heterocycles. The van der Waals surface area contributed by atoms with Crippen molar-refractivity contribution >= 4 is 17.3 Å². The van der Waals surface area contributed by atoms with Crippen LogP contribution in [0.1, 0.15) is 6.42 Å². The number of ether oxygens (including phenoxy) is 3. The van der Waals surface area contributed by atoms with Crippen molar-refractivity contribution in [1.29, 1.82) is 5.26 Å². The summed E-state index contributed by atoms with van der Waals surface area (Å²) >= 11 is 0. The molecule has 0 spiro atoms. The summed E-state index contributed by atoms with van der Waals surface area (Å²) in [6.45, 7) is 0.284. The van der Waals surface area contributed by atoms with Crippen molar-refractivity contribution in [2.45, 2.75) is 6.42 Å². The van der Waals surface area contributed by atoms with Crippen molar-refractivity contribution in [3.63, 3.8) is 0 Å². The van der Waals surface area contributed by atoms with Crippen LogP contribution in [-0.4, -0.2) is 37.2 Å². The van der Waals surface area contributed by atoms with E-state index in [0.717, 1.165) is 18.2 Å². The molecule has 0 atom stereocenters. The molecule has 0 bridgehead atoms. The molecule has 0 saturated carbocycles. The SMILES string of the molecule is N#CCCN(C(=O)COc1cc(F)ccc1[N+](=O)[O-])c1ccc2c(c1)OCCO2. The summed E-state index contributed by atoms with van der Waals surface area (Å²) in [5.74, 6) is -0.642. The number of carbonyl (C=O) groups is 1. The maximum Gasteiger partial charge on any atom is 0.311 e. The number of hydrogen-bond donors (Lipinski definition) is 0. The summed E-state index contributed by atoms with van der Waals surface area (Å²) in [6.07, 6.45) is 0.0558. The lowest BCUT2D eigenvalue weighted by molar-refractivity contribution is -0.385. The molecule has 1 amide bonds. The number of anilines is 1. The number of rotatable bonds is 7. The Bertz CT molecular complexity index is 975. The highest BCUT2D eigenvalue weighted by Gasteiger charge is 2.22. The molecular weight excluding hydrogens is 385 g/mol. The van der Waals surface area contributed by atoms with Crippen molar-refractivity contribution in [3.05, 3.63) is 52.3 Å². The lowest BCUT2D eigenvalue weighted by Gasteiger charge is -2.24. The lowest BCUT2D eigenvalue weighted by atomic mass is 10.2. The Labute approximate surface area is 165 Å². The van der Waals surface area contributed by atoms with E-state index in [1.807, 2.05) is 6.07 Å². The van der Waals surface area contributed by atoms with Gasteiger partial charge < -0.3 is 19.1 Å². The molecule has 29 heavy (non-hydrogen) atoms. The average molecular weight is 401 g/mol. The van der Waals surface area contributed by atoms with Gasteiger partial charge in [0.2, 0.25) is 5.75 Å². The zero-order valence-electron chi connectivity index (χ0n) is 15.2. The van der Waals surface area contributed by atoms with Crippen molar-refractivity contribution in [1.82, 2.24) is 0 Å². The Kier molecular flexibility index (Phi) is 6.09. The number of benzene rings is 2. The first-order valence-electron chi connectivity index (χ1n) is 8.63. The maximum absolute atomic E-state index is 13.4. The van der Waals surface area contributed by atoms with Gasteiger partial charge in [-0.15, -0.1) is 0 Å². The number of amides is 1. The Hall–Kier alpha value is -3.87. The summed E-state index contributed by atoms with van der Waals surface area (Å²) in [5, 5.41) is 19.9. The van der Waals surface area contributed by atoms with Crippen molar-refractivity contribution in [2.75, 3.05) is 31.3 Å². The fourth-order valence-electron chi connectivity index (χ4n) is 2.73. The van der Waals surface area contributed by atoms with E-state index in [0.29, 0.717) is 30.4 Å². The summed E-state index contributed by atoms with van der Waals surface area (Å²) < 4.78 is 29.6. The monoisotopic (exact) mass is 401 g/mol. The van der Waals surface area contributed by atoms with Gasteiger partial charge in [-0.3, -0.25) is 14.9 Å². The second-order valence-electron chi connectivity index (χ2n) is 5.94. The predicted octanol–water partition coefficient (Wildman–Crippen LogP) is 2.83. The highest BCUT2D eigenvalue weighted by molar-refractivity contribution is 5.95. The molecule has 150 valence electrons. The quantitative estimate of drug-likeness (QED) is 0.517. The molecule has 1 aliphatic rings. The van der Waals surface area contributed by atoms with Crippen molar-refractivity contribution < 1.29 is 28.3 Å². The molecule has 0 radical (unpaired) electrons. The predicted molar refractivity (Wildman–Crippen MR) is 98.6 cm³/mol. The first-order chi connectivity index (χ1) is 14.0. The standard InChI is InChI=1S/C19H16FN3O6/c20-13-2-4-15(23(25)26)17(10-13)29-12-19(24)22(7-1-6-21)14-3-5-16-18(11-14)28-9-8-27-16/h2-5,10-11H,1,7-9,12H2. The smallest absolute Gasteiger partial charge is 0.311 e. The lowest BCUT2D eigenvalue weighted by Crippen LogP contribution is -2.36. The van der Waals surface area contributed by atoms with Gasteiger partial charge in [0.25, 0.3) is 5.91 Å². The number of nitro benzene ring substituents is 1. The third-order valence-electron chi connectivity index (χ3n) is 4.06. The van der Waals surface area contributed by atoms with Crippen LogP contribution in [0.3, 0.4) is 0 Å². The van der Waals surface area contributed by atoms with E-state index in [-0.39, 0.29) is 18.7 Å². The van der Waals surface area contributed by atoms with Gasteiger partial charge in [-0.2, -0.15) is 5.26 Å². The largest absolute Gasteiger partial charge is 0.486 e. The van der Waals surface area contributed by atoms with Gasteiger partial charge in [-0.1, -0.05) is 0 Å². The zero-order valence-corrected chi connectivity index (χ0v) is 15.2. The van der Waals surface area contributed by atoms with E-state index in [1.54, 1.807) is 18.2 Å². The first-order valence-corrected chi connectivity index (χ1v) is 8.63. The van der Waals surface area contributed by atoms with Gasteiger partial charge in [0, 0.05) is 30.4 Å². The molecule has 0 unspecified atom stereocenters. The molecule has 1 aliphatic heterocycles. The number of carbonyl (C=O) groups excluding carboxylic acids is 1. The summed E-state index contributed by atoms with van der Waals surface area (Å²) in [4.78, 5) is 24.3. The number of hydrogen-bond acceptors (Lipinski definition) is 7. The van der Waals surface area contributed by atoms with Crippen LogP contribution >= 0.6 is 0 Å².